The predicted molar refractivity (Wildman–Crippen MR) is 122 cm³/mol. The molecule has 1 atom stereocenters. The van der Waals surface area contributed by atoms with Crippen molar-refractivity contribution in [2.45, 2.75) is 38.0 Å². The van der Waals surface area contributed by atoms with E-state index >= 15 is 0 Å². The first kappa shape index (κ1) is 21.0. The fourth-order valence-electron chi connectivity index (χ4n) is 5.46. The number of benzene rings is 2. The number of nitrogens with two attached hydrogens (primary N) is 1. The number of nitriles is 1. The van der Waals surface area contributed by atoms with Crippen molar-refractivity contribution in [3.05, 3.63) is 82.6 Å². The SMILES string of the molecule is CCCN1C(=O)[C@]2(C(C#N)=C(N)N(c3ccc(F)cc3)C3=C2C(=O)CCC3)c2ccccc21. The van der Waals surface area contributed by atoms with E-state index in [0.717, 1.165) is 6.42 Å². The van der Waals surface area contributed by atoms with Gasteiger partial charge in [0, 0.05) is 41.2 Å². The standard InChI is InChI=1S/C26H23FN4O2/c1-2-14-30-20-7-4-3-6-18(20)26(25(30)33)19(15-28)24(29)31(17-12-10-16(27)11-13-17)21-8-5-9-22(32)23(21)26/h3-4,6-7,10-13H,2,5,8-9,14,29H2,1H3/t26-/m0/s1. The molecule has 2 heterocycles. The van der Waals surface area contributed by atoms with Gasteiger partial charge in [-0.2, -0.15) is 5.26 Å². The van der Waals surface area contributed by atoms with Crippen LogP contribution in [0.3, 0.4) is 0 Å². The van der Waals surface area contributed by atoms with Gasteiger partial charge in [0.05, 0.1) is 5.57 Å². The molecule has 2 aromatic rings. The Hall–Kier alpha value is -3.92. The number of amides is 1. The molecular weight excluding hydrogens is 419 g/mol. The van der Waals surface area contributed by atoms with Gasteiger partial charge in [-0.3, -0.25) is 14.5 Å². The highest BCUT2D eigenvalue weighted by Crippen LogP contribution is 2.56. The molecule has 3 aliphatic rings. The minimum Gasteiger partial charge on any atom is -0.384 e. The van der Waals surface area contributed by atoms with Crippen molar-refractivity contribution in [1.82, 2.24) is 0 Å². The molecule has 1 amide bonds. The lowest BCUT2D eigenvalue weighted by Crippen LogP contribution is -2.52. The number of rotatable bonds is 3. The summed E-state index contributed by atoms with van der Waals surface area (Å²) in [6, 6.07) is 15.3. The summed E-state index contributed by atoms with van der Waals surface area (Å²) >= 11 is 0. The molecule has 1 spiro atoms. The molecule has 0 unspecified atom stereocenters. The Balaban J connectivity index is 1.87. The van der Waals surface area contributed by atoms with Gasteiger partial charge in [-0.25, -0.2) is 4.39 Å². The summed E-state index contributed by atoms with van der Waals surface area (Å²) in [5, 5.41) is 10.4. The van der Waals surface area contributed by atoms with E-state index in [1.807, 2.05) is 31.2 Å². The van der Waals surface area contributed by atoms with Gasteiger partial charge in [-0.05, 0) is 49.6 Å². The van der Waals surface area contributed by atoms with Crippen LogP contribution in [0.1, 0.15) is 38.2 Å². The van der Waals surface area contributed by atoms with Crippen LogP contribution in [-0.4, -0.2) is 18.2 Å². The summed E-state index contributed by atoms with van der Waals surface area (Å²) < 4.78 is 13.6. The van der Waals surface area contributed by atoms with Crippen molar-refractivity contribution < 1.29 is 14.0 Å². The number of fused-ring (bicyclic) bond motifs is 3. The number of para-hydroxylation sites is 1. The van der Waals surface area contributed by atoms with Gasteiger partial charge in [0.15, 0.2) is 5.78 Å². The third-order valence-corrected chi connectivity index (χ3v) is 6.71. The van der Waals surface area contributed by atoms with E-state index in [4.69, 9.17) is 5.73 Å². The third-order valence-electron chi connectivity index (χ3n) is 6.71. The van der Waals surface area contributed by atoms with Crippen LogP contribution in [0.2, 0.25) is 0 Å². The number of carbonyl (C=O) groups is 2. The van der Waals surface area contributed by atoms with Crippen LogP contribution in [0.4, 0.5) is 15.8 Å². The lowest BCUT2D eigenvalue weighted by molar-refractivity contribution is -0.124. The molecule has 2 N–H and O–H groups in total. The second kappa shape index (κ2) is 7.59. The van der Waals surface area contributed by atoms with E-state index in [1.165, 1.54) is 12.1 Å². The second-order valence-corrected chi connectivity index (χ2v) is 8.51. The Morgan fingerprint density at radius 3 is 2.55 bits per heavy atom. The molecule has 5 rings (SSSR count). The Morgan fingerprint density at radius 2 is 1.85 bits per heavy atom. The average Bonchev–Trinajstić information content (AvgIpc) is 3.05. The van der Waals surface area contributed by atoms with Crippen molar-refractivity contribution in [2.75, 3.05) is 16.3 Å². The summed E-state index contributed by atoms with van der Waals surface area (Å²) in [7, 11) is 0. The molecule has 0 fully saturated rings. The molecule has 1 aliphatic carbocycles. The van der Waals surface area contributed by atoms with Crippen molar-refractivity contribution in [2.24, 2.45) is 5.73 Å². The van der Waals surface area contributed by atoms with E-state index in [9.17, 15) is 19.2 Å². The van der Waals surface area contributed by atoms with Crippen molar-refractivity contribution >= 4 is 23.1 Å². The maximum absolute atomic E-state index is 14.2. The van der Waals surface area contributed by atoms with Gasteiger partial charge >= 0.3 is 0 Å². The van der Waals surface area contributed by atoms with E-state index in [1.54, 1.807) is 21.9 Å². The molecule has 0 bridgehead atoms. The molecule has 2 aromatic carbocycles. The summed E-state index contributed by atoms with van der Waals surface area (Å²) in [4.78, 5) is 31.0. The summed E-state index contributed by atoms with van der Waals surface area (Å²) in [6.07, 6.45) is 2.14. The number of anilines is 2. The predicted octanol–water partition coefficient (Wildman–Crippen LogP) is 4.04. The van der Waals surface area contributed by atoms with Crippen molar-refractivity contribution in [3.8, 4) is 6.07 Å². The minimum atomic E-state index is -1.56. The van der Waals surface area contributed by atoms with Gasteiger partial charge in [0.25, 0.3) is 0 Å². The summed E-state index contributed by atoms with van der Waals surface area (Å²) in [6.45, 7) is 2.44. The van der Waals surface area contributed by atoms with E-state index in [0.29, 0.717) is 54.0 Å². The average molecular weight is 442 g/mol. The molecule has 0 saturated carbocycles. The Morgan fingerprint density at radius 1 is 1.12 bits per heavy atom. The van der Waals surface area contributed by atoms with Gasteiger partial charge in [0.1, 0.15) is 23.1 Å². The second-order valence-electron chi connectivity index (χ2n) is 8.51. The Bertz CT molecular complexity index is 1290. The van der Waals surface area contributed by atoms with Gasteiger partial charge < -0.3 is 10.6 Å². The van der Waals surface area contributed by atoms with Crippen LogP contribution in [-0.2, 0) is 15.0 Å². The number of nitrogens with zero attached hydrogens (tertiary/aromatic N) is 3. The lowest BCUT2D eigenvalue weighted by Gasteiger charge is -2.43. The number of allylic oxidation sites excluding steroid dienone is 1. The van der Waals surface area contributed by atoms with Crippen LogP contribution in [0.5, 0.6) is 0 Å². The van der Waals surface area contributed by atoms with E-state index in [-0.39, 0.29) is 23.1 Å². The van der Waals surface area contributed by atoms with Gasteiger partial charge in [-0.1, -0.05) is 25.1 Å². The van der Waals surface area contributed by atoms with Crippen LogP contribution in [0, 0.1) is 17.1 Å². The minimum absolute atomic E-state index is 0.0388. The van der Waals surface area contributed by atoms with Crippen LogP contribution in [0.15, 0.2) is 71.2 Å². The number of Topliss-reactive ketones (excluding diaryl/α,β-unsaturated/α-hetero) is 1. The molecule has 166 valence electrons. The number of carbonyl (C=O) groups excluding carboxylic acids is 2. The number of halogens is 1. The highest BCUT2D eigenvalue weighted by Gasteiger charge is 2.62. The maximum Gasteiger partial charge on any atom is 0.247 e. The zero-order valence-electron chi connectivity index (χ0n) is 18.3. The van der Waals surface area contributed by atoms with Gasteiger partial charge in [0.2, 0.25) is 5.91 Å². The van der Waals surface area contributed by atoms with E-state index in [2.05, 4.69) is 6.07 Å². The zero-order valence-corrected chi connectivity index (χ0v) is 18.3. The maximum atomic E-state index is 14.2. The largest absolute Gasteiger partial charge is 0.384 e. The highest BCUT2D eigenvalue weighted by atomic mass is 19.1. The molecule has 6 nitrogen and oxygen atoms in total. The summed E-state index contributed by atoms with van der Waals surface area (Å²) in [5.74, 6) is -0.782. The molecule has 0 aromatic heterocycles. The molecule has 0 radical (unpaired) electrons. The number of hydrogen-bond acceptors (Lipinski definition) is 5. The first-order valence-corrected chi connectivity index (χ1v) is 11.1. The molecule has 33 heavy (non-hydrogen) atoms. The molecule has 2 aliphatic heterocycles. The first-order chi connectivity index (χ1) is 16.0. The Kier molecular flexibility index (Phi) is 4.82. The fraction of sp³-hybridized carbons (Fsp3) is 0.269. The topological polar surface area (TPSA) is 90.4 Å². The monoisotopic (exact) mass is 442 g/mol. The Labute approximate surface area is 191 Å². The molecule has 0 saturated heterocycles. The molecule has 7 heteroatoms. The van der Waals surface area contributed by atoms with Crippen molar-refractivity contribution in [3.63, 3.8) is 0 Å². The summed E-state index contributed by atoms with van der Waals surface area (Å²) in [5.41, 5.74) is 7.89. The van der Waals surface area contributed by atoms with Crippen LogP contribution >= 0.6 is 0 Å². The van der Waals surface area contributed by atoms with Gasteiger partial charge in [-0.15, -0.1) is 0 Å². The fourth-order valence-corrected chi connectivity index (χ4v) is 5.46. The highest BCUT2D eigenvalue weighted by molar-refractivity contribution is 6.20. The van der Waals surface area contributed by atoms with E-state index < -0.39 is 11.2 Å². The smallest absolute Gasteiger partial charge is 0.247 e. The third kappa shape index (κ3) is 2.70. The van der Waals surface area contributed by atoms with Crippen LogP contribution < -0.4 is 15.5 Å². The molecular formula is C26H23FN4O2. The first-order valence-electron chi connectivity index (χ1n) is 11.1. The zero-order chi connectivity index (χ0) is 23.3. The normalized spacial score (nSPS) is 22.1. The quantitative estimate of drug-likeness (QED) is 0.775. The van der Waals surface area contributed by atoms with Crippen molar-refractivity contribution in [1.29, 1.82) is 5.26 Å². The number of ketones is 1. The van der Waals surface area contributed by atoms with Crippen LogP contribution in [0.25, 0.3) is 0 Å². The lowest BCUT2D eigenvalue weighted by atomic mass is 9.64. The number of hydrogen-bond donors (Lipinski definition) is 1.